The molecule has 1 aromatic rings. The molecule has 0 amide bonds. The van der Waals surface area contributed by atoms with Gasteiger partial charge in [-0.2, -0.15) is 0 Å². The van der Waals surface area contributed by atoms with Crippen LogP contribution in [0.3, 0.4) is 0 Å². The van der Waals surface area contributed by atoms with Gasteiger partial charge in [0, 0.05) is 13.0 Å². The summed E-state index contributed by atoms with van der Waals surface area (Å²) >= 11 is 0. The second kappa shape index (κ2) is 4.77. The fraction of sp³-hybridized carbons (Fsp3) is 0.538. The lowest BCUT2D eigenvalue weighted by Gasteiger charge is -2.15. The van der Waals surface area contributed by atoms with Crippen LogP contribution in [0.1, 0.15) is 31.9 Å². The average molecular weight is 206 g/mol. The molecule has 2 heteroatoms. The lowest BCUT2D eigenvalue weighted by atomic mass is 9.97. The number of ether oxygens (including phenoxy) is 2. The van der Waals surface area contributed by atoms with Gasteiger partial charge in [0.1, 0.15) is 0 Å². The summed E-state index contributed by atoms with van der Waals surface area (Å²) in [6.07, 6.45) is 1.17. The first-order chi connectivity index (χ1) is 7.31. The van der Waals surface area contributed by atoms with Crippen molar-refractivity contribution in [1.29, 1.82) is 0 Å². The molecule has 0 spiro atoms. The van der Waals surface area contributed by atoms with E-state index in [0.717, 1.165) is 13.0 Å². The minimum atomic E-state index is -0.0183. The molecule has 0 aliphatic carbocycles. The van der Waals surface area contributed by atoms with E-state index in [4.69, 9.17) is 9.47 Å². The van der Waals surface area contributed by atoms with Crippen molar-refractivity contribution in [3.8, 4) is 0 Å². The van der Waals surface area contributed by atoms with Gasteiger partial charge < -0.3 is 9.47 Å². The van der Waals surface area contributed by atoms with Gasteiger partial charge in [-0.25, -0.2) is 0 Å². The van der Waals surface area contributed by atoms with E-state index in [-0.39, 0.29) is 12.4 Å². The maximum atomic E-state index is 5.88. The summed E-state index contributed by atoms with van der Waals surface area (Å²) in [5.41, 5.74) is 1.26. The molecule has 1 aromatic carbocycles. The summed E-state index contributed by atoms with van der Waals surface area (Å²) < 4.78 is 11.4. The van der Waals surface area contributed by atoms with E-state index in [9.17, 15) is 0 Å². The first-order valence-corrected chi connectivity index (χ1v) is 5.63. The Bertz CT molecular complexity index is 297. The SMILES string of the molecule is CCOC1C[C@@H](C)[C@H](c2ccccc2)O1. The van der Waals surface area contributed by atoms with Crippen LogP contribution in [0.25, 0.3) is 0 Å². The Morgan fingerprint density at radius 1 is 1.33 bits per heavy atom. The Hall–Kier alpha value is -0.860. The standard InChI is InChI=1S/C13H18O2/c1-3-14-12-9-10(2)13(15-12)11-7-5-4-6-8-11/h4-8,10,12-13H,3,9H2,1-2H3/t10-,12?,13-/m1/s1. The summed E-state index contributed by atoms with van der Waals surface area (Å²) in [6.45, 7) is 4.94. The van der Waals surface area contributed by atoms with E-state index >= 15 is 0 Å². The zero-order chi connectivity index (χ0) is 10.7. The van der Waals surface area contributed by atoms with E-state index in [2.05, 4.69) is 31.2 Å². The maximum Gasteiger partial charge on any atom is 0.158 e. The predicted octanol–water partition coefficient (Wildman–Crippen LogP) is 3.15. The smallest absolute Gasteiger partial charge is 0.158 e. The van der Waals surface area contributed by atoms with Crippen molar-refractivity contribution in [1.82, 2.24) is 0 Å². The first kappa shape index (κ1) is 10.7. The quantitative estimate of drug-likeness (QED) is 0.756. The van der Waals surface area contributed by atoms with Crippen LogP contribution in [0, 0.1) is 5.92 Å². The van der Waals surface area contributed by atoms with Gasteiger partial charge in [0.2, 0.25) is 0 Å². The van der Waals surface area contributed by atoms with Crippen LogP contribution in [-0.4, -0.2) is 12.9 Å². The van der Waals surface area contributed by atoms with E-state index in [0.29, 0.717) is 5.92 Å². The fourth-order valence-electron chi connectivity index (χ4n) is 2.12. The number of hydrogen-bond acceptors (Lipinski definition) is 2. The van der Waals surface area contributed by atoms with Gasteiger partial charge in [-0.05, 0) is 18.4 Å². The first-order valence-electron chi connectivity index (χ1n) is 5.63. The van der Waals surface area contributed by atoms with Crippen LogP contribution in [0.2, 0.25) is 0 Å². The highest BCUT2D eigenvalue weighted by atomic mass is 16.7. The largest absolute Gasteiger partial charge is 0.353 e. The maximum absolute atomic E-state index is 5.88. The third kappa shape index (κ3) is 2.39. The molecule has 2 rings (SSSR count). The van der Waals surface area contributed by atoms with Crippen LogP contribution in [0.15, 0.2) is 30.3 Å². The van der Waals surface area contributed by atoms with Gasteiger partial charge in [0.15, 0.2) is 6.29 Å². The van der Waals surface area contributed by atoms with Crippen LogP contribution >= 0.6 is 0 Å². The summed E-state index contributed by atoms with van der Waals surface area (Å²) in [5, 5.41) is 0. The molecule has 1 heterocycles. The summed E-state index contributed by atoms with van der Waals surface area (Å²) in [5.74, 6) is 0.531. The van der Waals surface area contributed by atoms with Crippen molar-refractivity contribution in [3.05, 3.63) is 35.9 Å². The van der Waals surface area contributed by atoms with Crippen LogP contribution in [-0.2, 0) is 9.47 Å². The normalized spacial score (nSPS) is 30.7. The summed E-state index contributed by atoms with van der Waals surface area (Å²) in [6, 6.07) is 10.4. The Labute approximate surface area is 91.2 Å². The second-order valence-electron chi connectivity index (χ2n) is 4.07. The molecule has 0 N–H and O–H groups in total. The van der Waals surface area contributed by atoms with Crippen LogP contribution in [0.5, 0.6) is 0 Å². The zero-order valence-electron chi connectivity index (χ0n) is 9.35. The van der Waals surface area contributed by atoms with Crippen LogP contribution < -0.4 is 0 Å². The Balaban J connectivity index is 2.05. The lowest BCUT2D eigenvalue weighted by molar-refractivity contribution is -0.132. The number of benzene rings is 1. The zero-order valence-corrected chi connectivity index (χ0v) is 9.35. The van der Waals surface area contributed by atoms with Crippen molar-refractivity contribution < 1.29 is 9.47 Å². The van der Waals surface area contributed by atoms with Gasteiger partial charge in [-0.15, -0.1) is 0 Å². The molecular formula is C13H18O2. The topological polar surface area (TPSA) is 18.5 Å². The molecule has 0 aromatic heterocycles. The van der Waals surface area contributed by atoms with Gasteiger partial charge in [0.25, 0.3) is 0 Å². The predicted molar refractivity (Wildman–Crippen MR) is 59.5 cm³/mol. The molecule has 0 bridgehead atoms. The molecule has 0 saturated carbocycles. The Morgan fingerprint density at radius 2 is 2.07 bits per heavy atom. The number of hydrogen-bond donors (Lipinski definition) is 0. The molecule has 1 fully saturated rings. The average Bonchev–Trinajstić information content (AvgIpc) is 2.61. The van der Waals surface area contributed by atoms with Gasteiger partial charge >= 0.3 is 0 Å². The Morgan fingerprint density at radius 3 is 2.73 bits per heavy atom. The van der Waals surface area contributed by atoms with Crippen molar-refractivity contribution >= 4 is 0 Å². The third-order valence-electron chi connectivity index (χ3n) is 2.86. The van der Waals surface area contributed by atoms with E-state index < -0.39 is 0 Å². The molecule has 15 heavy (non-hydrogen) atoms. The van der Waals surface area contributed by atoms with Gasteiger partial charge in [-0.3, -0.25) is 0 Å². The molecule has 3 atom stereocenters. The summed E-state index contributed by atoms with van der Waals surface area (Å²) in [4.78, 5) is 0. The minimum Gasteiger partial charge on any atom is -0.353 e. The third-order valence-corrected chi connectivity index (χ3v) is 2.86. The van der Waals surface area contributed by atoms with Crippen molar-refractivity contribution in [2.24, 2.45) is 5.92 Å². The fourth-order valence-corrected chi connectivity index (χ4v) is 2.12. The van der Waals surface area contributed by atoms with E-state index in [1.165, 1.54) is 5.56 Å². The van der Waals surface area contributed by atoms with Crippen molar-refractivity contribution in [2.45, 2.75) is 32.7 Å². The molecule has 1 aliphatic rings. The van der Waals surface area contributed by atoms with Gasteiger partial charge in [-0.1, -0.05) is 37.3 Å². The van der Waals surface area contributed by atoms with E-state index in [1.54, 1.807) is 0 Å². The highest BCUT2D eigenvalue weighted by Crippen LogP contribution is 2.37. The monoisotopic (exact) mass is 206 g/mol. The van der Waals surface area contributed by atoms with Crippen LogP contribution in [0.4, 0.5) is 0 Å². The van der Waals surface area contributed by atoms with Gasteiger partial charge in [0.05, 0.1) is 6.10 Å². The van der Waals surface area contributed by atoms with Crippen molar-refractivity contribution in [3.63, 3.8) is 0 Å². The highest BCUT2D eigenvalue weighted by molar-refractivity contribution is 5.18. The van der Waals surface area contributed by atoms with Crippen molar-refractivity contribution in [2.75, 3.05) is 6.61 Å². The molecular weight excluding hydrogens is 188 g/mol. The highest BCUT2D eigenvalue weighted by Gasteiger charge is 2.33. The minimum absolute atomic E-state index is 0.0183. The molecule has 1 unspecified atom stereocenters. The lowest BCUT2D eigenvalue weighted by Crippen LogP contribution is -2.10. The number of rotatable bonds is 3. The molecule has 82 valence electrons. The molecule has 0 radical (unpaired) electrons. The molecule has 1 aliphatic heterocycles. The molecule has 1 saturated heterocycles. The second-order valence-corrected chi connectivity index (χ2v) is 4.07. The summed E-state index contributed by atoms with van der Waals surface area (Å²) in [7, 11) is 0. The Kier molecular flexibility index (Phi) is 3.39. The molecule has 2 nitrogen and oxygen atoms in total. The van der Waals surface area contributed by atoms with E-state index in [1.807, 2.05) is 13.0 Å².